The summed E-state index contributed by atoms with van der Waals surface area (Å²) in [7, 11) is 1.92. The Labute approximate surface area is 195 Å². The summed E-state index contributed by atoms with van der Waals surface area (Å²) < 4.78 is 39.2. The van der Waals surface area contributed by atoms with Crippen molar-refractivity contribution in [2.24, 2.45) is 0 Å². The number of likely N-dealkylation sites (N-methyl/N-ethyl adjacent to an activating group) is 1. The van der Waals surface area contributed by atoms with Gasteiger partial charge in [0.25, 0.3) is 5.91 Å². The molecule has 3 N–H and O–H groups in total. The van der Waals surface area contributed by atoms with Gasteiger partial charge in [0.05, 0.1) is 6.04 Å². The van der Waals surface area contributed by atoms with E-state index in [0.29, 0.717) is 30.9 Å². The van der Waals surface area contributed by atoms with Gasteiger partial charge in [-0.1, -0.05) is 24.3 Å². The normalized spacial score (nSPS) is 16.3. The molecule has 2 aromatic carbocycles. The van der Waals surface area contributed by atoms with Gasteiger partial charge in [0.15, 0.2) is 0 Å². The number of hydrogen-bond donors (Lipinski definition) is 3. The van der Waals surface area contributed by atoms with E-state index in [1.807, 2.05) is 48.6 Å². The van der Waals surface area contributed by atoms with E-state index in [1.54, 1.807) is 10.3 Å². The Kier molecular flexibility index (Phi) is 8.11. The van der Waals surface area contributed by atoms with Gasteiger partial charge in [-0.3, -0.25) is 20.4 Å². The molecule has 1 aliphatic rings. The summed E-state index contributed by atoms with van der Waals surface area (Å²) in [5, 5.41) is 2.91. The Morgan fingerprint density at radius 3 is 2.50 bits per heavy atom. The molecule has 0 bridgehead atoms. The van der Waals surface area contributed by atoms with Crippen molar-refractivity contribution in [2.45, 2.75) is 25.8 Å². The van der Waals surface area contributed by atoms with E-state index in [2.05, 4.69) is 5.32 Å². The number of nitrogens with one attached hydrogen (secondary N) is 3. The molecular weight excluding hydrogens is 451 g/mol. The number of carbonyl (C=O) groups excluding carboxylic acids is 3. The van der Waals surface area contributed by atoms with E-state index >= 15 is 0 Å². The van der Waals surface area contributed by atoms with Crippen LogP contribution in [-0.2, 0) is 11.2 Å². The minimum Gasteiger partial charge on any atom is -0.319 e. The molecule has 1 aliphatic heterocycles. The van der Waals surface area contributed by atoms with Crippen LogP contribution in [-0.4, -0.2) is 66.8 Å². The number of rotatable bonds is 5. The summed E-state index contributed by atoms with van der Waals surface area (Å²) in [6.45, 7) is 3.56. The number of alkyl halides is 2. The first kappa shape index (κ1) is 25.0. The van der Waals surface area contributed by atoms with Crippen LogP contribution in [0.4, 0.5) is 23.7 Å². The summed E-state index contributed by atoms with van der Waals surface area (Å²) in [6, 6.07) is 10.5. The van der Waals surface area contributed by atoms with Crippen molar-refractivity contribution >= 4 is 23.5 Å². The first-order chi connectivity index (χ1) is 16.2. The highest BCUT2D eigenvalue weighted by atomic mass is 19.3. The van der Waals surface area contributed by atoms with Crippen molar-refractivity contribution in [3.05, 3.63) is 65.0 Å². The molecule has 1 atom stereocenters. The first-order valence-electron chi connectivity index (χ1n) is 10.6. The third-order valence-electron chi connectivity index (χ3n) is 5.60. The van der Waals surface area contributed by atoms with E-state index in [9.17, 15) is 27.6 Å². The maximum absolute atomic E-state index is 14.8. The number of benzene rings is 2. The van der Waals surface area contributed by atoms with Crippen LogP contribution < -0.4 is 16.2 Å². The molecule has 1 unspecified atom stereocenters. The highest BCUT2D eigenvalue weighted by Gasteiger charge is 2.30. The Bertz CT molecular complexity index is 1070. The van der Waals surface area contributed by atoms with Crippen LogP contribution in [0.25, 0.3) is 0 Å². The number of halogens is 3. The SMILES string of the molecule is Cc1ccccc1NC(=O)N1CCN(C)CC1Cc1ccc(C(=O)NNC(=O)C(F)F)cc1F. The standard InChI is InChI=1S/C23H26F3N5O3/c1-14-5-3-4-6-19(14)27-23(34)31-10-9-30(2)13-17(31)11-15-7-8-16(12-18(15)24)21(32)28-29-22(33)20(25)26/h3-8,12,17,20H,9-11,13H2,1-2H3,(H,27,34)(H,28,32)(H,29,33). The number of aryl methyl sites for hydroxylation is 1. The van der Waals surface area contributed by atoms with Crippen LogP contribution >= 0.6 is 0 Å². The smallest absolute Gasteiger partial charge is 0.319 e. The fourth-order valence-electron chi connectivity index (χ4n) is 3.71. The van der Waals surface area contributed by atoms with E-state index in [4.69, 9.17) is 0 Å². The predicted molar refractivity (Wildman–Crippen MR) is 120 cm³/mol. The zero-order valence-electron chi connectivity index (χ0n) is 18.8. The second-order valence-corrected chi connectivity index (χ2v) is 8.11. The predicted octanol–water partition coefficient (Wildman–Crippen LogP) is 2.55. The molecule has 1 saturated heterocycles. The summed E-state index contributed by atoms with van der Waals surface area (Å²) >= 11 is 0. The molecule has 8 nitrogen and oxygen atoms in total. The van der Waals surface area contributed by atoms with Crippen molar-refractivity contribution < 1.29 is 27.6 Å². The second kappa shape index (κ2) is 11.0. The Morgan fingerprint density at radius 1 is 1.09 bits per heavy atom. The third kappa shape index (κ3) is 6.25. The summed E-state index contributed by atoms with van der Waals surface area (Å²) in [6.07, 6.45) is -3.08. The van der Waals surface area contributed by atoms with Crippen LogP contribution in [0.2, 0.25) is 0 Å². The largest absolute Gasteiger partial charge is 0.322 e. The van der Waals surface area contributed by atoms with Gasteiger partial charge in [0, 0.05) is 30.9 Å². The molecule has 2 aromatic rings. The van der Waals surface area contributed by atoms with E-state index in [0.717, 1.165) is 11.6 Å². The number of anilines is 1. The molecule has 11 heteroatoms. The first-order valence-corrected chi connectivity index (χ1v) is 10.6. The fraction of sp³-hybridized carbons (Fsp3) is 0.348. The lowest BCUT2D eigenvalue weighted by atomic mass is 10.0. The van der Waals surface area contributed by atoms with Gasteiger partial charge in [-0.25, -0.2) is 9.18 Å². The van der Waals surface area contributed by atoms with Crippen LogP contribution in [0.15, 0.2) is 42.5 Å². The summed E-state index contributed by atoms with van der Waals surface area (Å²) in [5.41, 5.74) is 5.14. The zero-order valence-corrected chi connectivity index (χ0v) is 18.8. The van der Waals surface area contributed by atoms with Crippen molar-refractivity contribution in [3.8, 4) is 0 Å². The van der Waals surface area contributed by atoms with Crippen molar-refractivity contribution in [3.63, 3.8) is 0 Å². The lowest BCUT2D eigenvalue weighted by Crippen LogP contribution is -2.56. The molecule has 1 fully saturated rings. The van der Waals surface area contributed by atoms with Gasteiger partial charge in [-0.2, -0.15) is 8.78 Å². The molecule has 0 saturated carbocycles. The number of nitrogens with zero attached hydrogens (tertiary/aromatic N) is 2. The molecule has 0 aromatic heterocycles. The number of carbonyl (C=O) groups is 3. The minimum absolute atomic E-state index is 0.147. The Morgan fingerprint density at radius 2 is 1.82 bits per heavy atom. The van der Waals surface area contributed by atoms with Gasteiger partial charge in [-0.15, -0.1) is 0 Å². The average Bonchev–Trinajstić information content (AvgIpc) is 2.80. The van der Waals surface area contributed by atoms with E-state index in [-0.39, 0.29) is 24.1 Å². The molecule has 1 heterocycles. The maximum atomic E-state index is 14.8. The van der Waals surface area contributed by atoms with Gasteiger partial charge in [-0.05, 0) is 49.7 Å². The number of hydrazine groups is 1. The molecule has 0 spiro atoms. The van der Waals surface area contributed by atoms with Crippen LogP contribution in [0.1, 0.15) is 21.5 Å². The molecular formula is C23H26F3N5O3. The molecule has 0 radical (unpaired) electrons. The van der Waals surface area contributed by atoms with E-state index in [1.165, 1.54) is 12.1 Å². The summed E-state index contributed by atoms with van der Waals surface area (Å²) in [5.74, 6) is -3.28. The number of piperazine rings is 1. The van der Waals surface area contributed by atoms with Crippen molar-refractivity contribution in [1.29, 1.82) is 0 Å². The maximum Gasteiger partial charge on any atom is 0.322 e. The topological polar surface area (TPSA) is 93.8 Å². The van der Waals surface area contributed by atoms with Gasteiger partial charge < -0.3 is 15.1 Å². The Hall–Kier alpha value is -3.60. The van der Waals surface area contributed by atoms with Gasteiger partial charge in [0.1, 0.15) is 5.82 Å². The lowest BCUT2D eigenvalue weighted by molar-refractivity contribution is -0.132. The zero-order chi connectivity index (χ0) is 24.8. The monoisotopic (exact) mass is 477 g/mol. The molecule has 4 amide bonds. The number of para-hydroxylation sites is 1. The summed E-state index contributed by atoms with van der Waals surface area (Å²) in [4.78, 5) is 39.6. The van der Waals surface area contributed by atoms with E-state index < -0.39 is 24.1 Å². The number of hydrogen-bond acceptors (Lipinski definition) is 4. The quantitative estimate of drug-likeness (QED) is 0.577. The van der Waals surface area contributed by atoms with Crippen LogP contribution in [0, 0.1) is 12.7 Å². The van der Waals surface area contributed by atoms with Crippen molar-refractivity contribution in [1.82, 2.24) is 20.7 Å². The number of amides is 4. The second-order valence-electron chi connectivity index (χ2n) is 8.11. The van der Waals surface area contributed by atoms with Crippen molar-refractivity contribution in [2.75, 3.05) is 32.0 Å². The third-order valence-corrected chi connectivity index (χ3v) is 5.60. The highest BCUT2D eigenvalue weighted by molar-refractivity contribution is 5.95. The average molecular weight is 477 g/mol. The molecule has 0 aliphatic carbocycles. The van der Waals surface area contributed by atoms with Gasteiger partial charge >= 0.3 is 18.4 Å². The lowest BCUT2D eigenvalue weighted by Gasteiger charge is -2.40. The minimum atomic E-state index is -3.29. The highest BCUT2D eigenvalue weighted by Crippen LogP contribution is 2.20. The van der Waals surface area contributed by atoms with Crippen LogP contribution in [0.3, 0.4) is 0 Å². The number of urea groups is 1. The fourth-order valence-corrected chi connectivity index (χ4v) is 3.71. The Balaban J connectivity index is 1.70. The molecule has 34 heavy (non-hydrogen) atoms. The van der Waals surface area contributed by atoms with Crippen LogP contribution in [0.5, 0.6) is 0 Å². The van der Waals surface area contributed by atoms with Gasteiger partial charge in [0.2, 0.25) is 0 Å². The molecule has 3 rings (SSSR count). The molecule has 182 valence electrons.